The molecule has 0 heterocycles. The third-order valence-electron chi connectivity index (χ3n) is 3.19. The minimum atomic E-state index is -0.682. The lowest BCUT2D eigenvalue weighted by molar-refractivity contribution is -0.122. The molecule has 0 spiro atoms. The SMILES string of the molecule is CC[C@@H](Oc1ccccc1Cl)C(=O)Nc1cc(Cl)ccc1OC. The molecule has 6 heteroatoms. The molecule has 0 aliphatic heterocycles. The molecule has 2 aromatic rings. The van der Waals surface area contributed by atoms with Crippen LogP contribution in [0.15, 0.2) is 42.5 Å². The fraction of sp³-hybridized carbons (Fsp3) is 0.235. The quantitative estimate of drug-likeness (QED) is 0.811. The fourth-order valence-corrected chi connectivity index (χ4v) is 2.36. The van der Waals surface area contributed by atoms with Crippen LogP contribution in [0.4, 0.5) is 5.69 Å². The number of carbonyl (C=O) groups is 1. The zero-order valence-electron chi connectivity index (χ0n) is 12.8. The van der Waals surface area contributed by atoms with E-state index in [-0.39, 0.29) is 5.91 Å². The molecule has 1 atom stereocenters. The molecule has 2 rings (SSSR count). The molecule has 0 aromatic heterocycles. The number of para-hydroxylation sites is 1. The highest BCUT2D eigenvalue weighted by Gasteiger charge is 2.21. The fourth-order valence-electron chi connectivity index (χ4n) is 2.01. The van der Waals surface area contributed by atoms with Gasteiger partial charge in [-0.2, -0.15) is 0 Å². The van der Waals surface area contributed by atoms with Gasteiger partial charge in [0.1, 0.15) is 11.5 Å². The van der Waals surface area contributed by atoms with Crippen molar-refractivity contribution in [3.63, 3.8) is 0 Å². The Balaban J connectivity index is 2.15. The summed E-state index contributed by atoms with van der Waals surface area (Å²) in [7, 11) is 1.52. The van der Waals surface area contributed by atoms with Crippen LogP contribution in [0.3, 0.4) is 0 Å². The minimum Gasteiger partial charge on any atom is -0.495 e. The number of rotatable bonds is 6. The monoisotopic (exact) mass is 353 g/mol. The van der Waals surface area contributed by atoms with E-state index in [4.69, 9.17) is 32.7 Å². The van der Waals surface area contributed by atoms with Gasteiger partial charge in [0.15, 0.2) is 6.10 Å². The first-order chi connectivity index (χ1) is 11.0. The smallest absolute Gasteiger partial charge is 0.265 e. The molecule has 0 radical (unpaired) electrons. The van der Waals surface area contributed by atoms with E-state index in [2.05, 4.69) is 5.32 Å². The van der Waals surface area contributed by atoms with Gasteiger partial charge in [-0.1, -0.05) is 42.3 Å². The van der Waals surface area contributed by atoms with Crippen LogP contribution in [-0.2, 0) is 4.79 Å². The topological polar surface area (TPSA) is 47.6 Å². The number of methoxy groups -OCH3 is 1. The Bertz CT molecular complexity index is 691. The molecule has 0 bridgehead atoms. The number of nitrogens with one attached hydrogen (secondary N) is 1. The van der Waals surface area contributed by atoms with Crippen LogP contribution < -0.4 is 14.8 Å². The number of anilines is 1. The Morgan fingerprint density at radius 3 is 2.57 bits per heavy atom. The molecule has 0 unspecified atom stereocenters. The summed E-state index contributed by atoms with van der Waals surface area (Å²) >= 11 is 12.0. The molecule has 23 heavy (non-hydrogen) atoms. The highest BCUT2D eigenvalue weighted by atomic mass is 35.5. The van der Waals surface area contributed by atoms with Crippen molar-refractivity contribution in [2.24, 2.45) is 0 Å². The van der Waals surface area contributed by atoms with Crippen molar-refractivity contribution in [1.29, 1.82) is 0 Å². The summed E-state index contributed by atoms with van der Waals surface area (Å²) in [6.07, 6.45) is -0.196. The number of hydrogen-bond acceptors (Lipinski definition) is 3. The van der Waals surface area contributed by atoms with Gasteiger partial charge < -0.3 is 14.8 Å². The van der Waals surface area contributed by atoms with Crippen molar-refractivity contribution in [1.82, 2.24) is 0 Å². The van der Waals surface area contributed by atoms with Crippen molar-refractivity contribution in [2.45, 2.75) is 19.4 Å². The predicted octanol–water partition coefficient (Wildman–Crippen LogP) is 4.80. The maximum absolute atomic E-state index is 12.5. The van der Waals surface area contributed by atoms with E-state index in [1.165, 1.54) is 7.11 Å². The minimum absolute atomic E-state index is 0.298. The highest BCUT2D eigenvalue weighted by molar-refractivity contribution is 6.32. The van der Waals surface area contributed by atoms with Crippen LogP contribution in [-0.4, -0.2) is 19.1 Å². The average Bonchev–Trinajstić information content (AvgIpc) is 2.54. The molecule has 122 valence electrons. The summed E-state index contributed by atoms with van der Waals surface area (Å²) < 4.78 is 10.9. The summed E-state index contributed by atoms with van der Waals surface area (Å²) in [5.74, 6) is 0.692. The lowest BCUT2D eigenvalue weighted by Crippen LogP contribution is -2.32. The summed E-state index contributed by atoms with van der Waals surface area (Å²) in [4.78, 5) is 12.5. The van der Waals surface area contributed by atoms with Crippen LogP contribution in [0.2, 0.25) is 10.0 Å². The Labute approximate surface area is 145 Å². The van der Waals surface area contributed by atoms with Gasteiger partial charge in [-0.05, 0) is 36.8 Å². The van der Waals surface area contributed by atoms with Crippen LogP contribution in [0, 0.1) is 0 Å². The number of benzene rings is 2. The van der Waals surface area contributed by atoms with Gasteiger partial charge in [0.2, 0.25) is 0 Å². The summed E-state index contributed by atoms with van der Waals surface area (Å²) in [6, 6.07) is 12.0. The van der Waals surface area contributed by atoms with Gasteiger partial charge in [-0.15, -0.1) is 0 Å². The van der Waals surface area contributed by atoms with E-state index in [0.29, 0.717) is 33.7 Å². The molecule has 1 N–H and O–H groups in total. The Morgan fingerprint density at radius 1 is 1.17 bits per heavy atom. The number of amides is 1. The number of hydrogen-bond donors (Lipinski definition) is 1. The molecule has 1 amide bonds. The van der Waals surface area contributed by atoms with Crippen LogP contribution >= 0.6 is 23.2 Å². The van der Waals surface area contributed by atoms with E-state index in [1.54, 1.807) is 42.5 Å². The first-order valence-electron chi connectivity index (χ1n) is 7.10. The van der Waals surface area contributed by atoms with E-state index in [1.807, 2.05) is 6.92 Å². The van der Waals surface area contributed by atoms with Crippen LogP contribution in [0.5, 0.6) is 11.5 Å². The molecule has 0 fully saturated rings. The maximum Gasteiger partial charge on any atom is 0.265 e. The third-order valence-corrected chi connectivity index (χ3v) is 3.74. The lowest BCUT2D eigenvalue weighted by atomic mass is 10.2. The largest absolute Gasteiger partial charge is 0.495 e. The molecule has 4 nitrogen and oxygen atoms in total. The second-order valence-corrected chi connectivity index (χ2v) is 5.62. The average molecular weight is 354 g/mol. The zero-order valence-corrected chi connectivity index (χ0v) is 14.3. The third kappa shape index (κ3) is 4.53. The van der Waals surface area contributed by atoms with E-state index < -0.39 is 6.10 Å². The highest BCUT2D eigenvalue weighted by Crippen LogP contribution is 2.29. The second kappa shape index (κ2) is 8.09. The molecule has 0 aliphatic carbocycles. The Kier molecular flexibility index (Phi) is 6.13. The predicted molar refractivity (Wildman–Crippen MR) is 92.8 cm³/mol. The molecule has 2 aromatic carbocycles. The summed E-state index contributed by atoms with van der Waals surface area (Å²) in [6.45, 7) is 1.86. The van der Waals surface area contributed by atoms with Crippen molar-refractivity contribution in [3.8, 4) is 11.5 Å². The van der Waals surface area contributed by atoms with Gasteiger partial charge in [0.05, 0.1) is 17.8 Å². The number of halogens is 2. The van der Waals surface area contributed by atoms with Crippen LogP contribution in [0.1, 0.15) is 13.3 Å². The standard InChI is InChI=1S/C17H17Cl2NO3/c1-3-14(23-15-7-5-4-6-12(15)19)17(21)20-13-10-11(18)8-9-16(13)22-2/h4-10,14H,3H2,1-2H3,(H,20,21)/t14-/m1/s1. The maximum atomic E-state index is 12.5. The zero-order chi connectivity index (χ0) is 16.8. The van der Waals surface area contributed by atoms with Gasteiger partial charge in [0, 0.05) is 5.02 Å². The summed E-state index contributed by atoms with van der Waals surface area (Å²) in [5, 5.41) is 3.74. The molecular weight excluding hydrogens is 337 g/mol. The summed E-state index contributed by atoms with van der Waals surface area (Å²) in [5.41, 5.74) is 0.492. The van der Waals surface area contributed by atoms with Gasteiger partial charge in [-0.3, -0.25) is 4.79 Å². The van der Waals surface area contributed by atoms with E-state index in [9.17, 15) is 4.79 Å². The van der Waals surface area contributed by atoms with Crippen LogP contribution in [0.25, 0.3) is 0 Å². The van der Waals surface area contributed by atoms with E-state index in [0.717, 1.165) is 0 Å². The van der Waals surface area contributed by atoms with Crippen molar-refractivity contribution in [2.75, 3.05) is 12.4 Å². The Morgan fingerprint density at radius 2 is 1.91 bits per heavy atom. The van der Waals surface area contributed by atoms with Gasteiger partial charge in [0.25, 0.3) is 5.91 Å². The number of ether oxygens (including phenoxy) is 2. The van der Waals surface area contributed by atoms with Crippen molar-refractivity contribution < 1.29 is 14.3 Å². The van der Waals surface area contributed by atoms with E-state index >= 15 is 0 Å². The number of carbonyl (C=O) groups excluding carboxylic acids is 1. The first-order valence-corrected chi connectivity index (χ1v) is 7.86. The molecular formula is C17H17Cl2NO3. The van der Waals surface area contributed by atoms with Crippen molar-refractivity contribution >= 4 is 34.8 Å². The Hall–Kier alpha value is -1.91. The van der Waals surface area contributed by atoms with Gasteiger partial charge >= 0.3 is 0 Å². The normalized spacial score (nSPS) is 11.7. The van der Waals surface area contributed by atoms with Gasteiger partial charge in [-0.25, -0.2) is 0 Å². The first kappa shape index (κ1) is 17.4. The molecule has 0 saturated heterocycles. The second-order valence-electron chi connectivity index (χ2n) is 4.78. The molecule has 0 aliphatic rings. The van der Waals surface area contributed by atoms with Crippen molar-refractivity contribution in [3.05, 3.63) is 52.5 Å². The molecule has 0 saturated carbocycles. The lowest BCUT2D eigenvalue weighted by Gasteiger charge is -2.19.